The predicted octanol–water partition coefficient (Wildman–Crippen LogP) is 1.73. The minimum absolute atomic E-state index is 0.00705. The van der Waals surface area contributed by atoms with E-state index in [1.54, 1.807) is 18.2 Å². The van der Waals surface area contributed by atoms with Crippen LogP contribution in [0.25, 0.3) is 0 Å². The molecule has 2 aromatic rings. The SMILES string of the molecule is Cc1cccc(S(=O)(=O)N2C[C@@H](O)COC[C@@H]3O[C@@H](CC(=O)NCc4ccc5c(c4)OCO5)CC[C@H]32)c1. The molecule has 0 spiro atoms. The first-order valence-corrected chi connectivity index (χ1v) is 13.9. The molecule has 3 aliphatic rings. The zero-order valence-corrected chi connectivity index (χ0v) is 21.5. The number of fused-ring (bicyclic) bond motifs is 2. The van der Waals surface area contributed by atoms with Gasteiger partial charge in [0.25, 0.3) is 0 Å². The van der Waals surface area contributed by atoms with Gasteiger partial charge in [0.1, 0.15) is 0 Å². The molecule has 2 saturated heterocycles. The summed E-state index contributed by atoms with van der Waals surface area (Å²) >= 11 is 0. The first-order chi connectivity index (χ1) is 17.8. The van der Waals surface area contributed by atoms with Crippen LogP contribution in [-0.2, 0) is 30.8 Å². The Kier molecular flexibility index (Phi) is 7.68. The van der Waals surface area contributed by atoms with Crippen molar-refractivity contribution in [3.63, 3.8) is 0 Å². The molecule has 37 heavy (non-hydrogen) atoms. The van der Waals surface area contributed by atoms with E-state index in [0.29, 0.717) is 30.9 Å². The third-order valence-corrected chi connectivity index (χ3v) is 8.76. The molecule has 2 aromatic carbocycles. The number of hydrogen-bond donors (Lipinski definition) is 2. The molecule has 0 aromatic heterocycles. The molecule has 200 valence electrons. The Hall–Kier alpha value is -2.70. The Morgan fingerprint density at radius 2 is 1.95 bits per heavy atom. The number of aliphatic hydroxyl groups is 1. The van der Waals surface area contributed by atoms with Crippen LogP contribution in [0, 0.1) is 6.92 Å². The summed E-state index contributed by atoms with van der Waals surface area (Å²) in [5, 5.41) is 13.3. The second-order valence-electron chi connectivity index (χ2n) is 9.69. The average Bonchev–Trinajstić information content (AvgIpc) is 3.33. The Balaban J connectivity index is 1.23. The van der Waals surface area contributed by atoms with Gasteiger partial charge in [0, 0.05) is 13.1 Å². The van der Waals surface area contributed by atoms with E-state index < -0.39 is 28.3 Å². The zero-order chi connectivity index (χ0) is 26.0. The van der Waals surface area contributed by atoms with E-state index in [1.807, 2.05) is 31.2 Å². The fourth-order valence-electron chi connectivity index (χ4n) is 5.01. The van der Waals surface area contributed by atoms with E-state index in [2.05, 4.69) is 5.32 Å². The summed E-state index contributed by atoms with van der Waals surface area (Å²) in [6.45, 7) is 2.44. The van der Waals surface area contributed by atoms with Crippen molar-refractivity contribution in [3.05, 3.63) is 53.6 Å². The van der Waals surface area contributed by atoms with E-state index in [9.17, 15) is 18.3 Å². The number of aryl methyl sites for hydroxylation is 1. The summed E-state index contributed by atoms with van der Waals surface area (Å²) in [5.41, 5.74) is 1.73. The highest BCUT2D eigenvalue weighted by molar-refractivity contribution is 7.89. The molecule has 3 aliphatic heterocycles. The van der Waals surface area contributed by atoms with Crippen molar-refractivity contribution in [2.75, 3.05) is 26.6 Å². The lowest BCUT2D eigenvalue weighted by Crippen LogP contribution is -2.57. The Morgan fingerprint density at radius 3 is 2.78 bits per heavy atom. The van der Waals surface area contributed by atoms with Gasteiger partial charge in [0.05, 0.1) is 48.9 Å². The van der Waals surface area contributed by atoms with Gasteiger partial charge >= 0.3 is 0 Å². The van der Waals surface area contributed by atoms with E-state index in [4.69, 9.17) is 18.9 Å². The van der Waals surface area contributed by atoms with Gasteiger partial charge in [-0.3, -0.25) is 4.79 Å². The Bertz CT molecular complexity index is 1240. The predicted molar refractivity (Wildman–Crippen MR) is 133 cm³/mol. The Morgan fingerprint density at radius 1 is 1.11 bits per heavy atom. The number of hydrogen-bond acceptors (Lipinski definition) is 8. The van der Waals surface area contributed by atoms with Gasteiger partial charge < -0.3 is 29.4 Å². The number of aliphatic hydroxyl groups excluding tert-OH is 1. The number of nitrogens with one attached hydrogen (secondary N) is 1. The zero-order valence-electron chi connectivity index (χ0n) is 20.7. The highest BCUT2D eigenvalue weighted by atomic mass is 32.2. The van der Waals surface area contributed by atoms with Crippen LogP contribution in [0.3, 0.4) is 0 Å². The van der Waals surface area contributed by atoms with Crippen molar-refractivity contribution >= 4 is 15.9 Å². The van der Waals surface area contributed by atoms with Crippen molar-refractivity contribution in [2.24, 2.45) is 0 Å². The molecular weight excluding hydrogens is 500 g/mol. The minimum atomic E-state index is -3.87. The standard InChI is InChI=1S/C26H32N2O8S/c1-17-3-2-4-21(9-17)37(31,32)28-13-19(29)14-33-15-25-22(28)7-6-20(36-25)11-26(30)27-12-18-5-8-23-24(10-18)35-16-34-23/h2-5,8-10,19-20,22,25,29H,6-7,11-16H2,1H3,(H,27,30)/t19-,20-,22-,25+/m1/s1. The van der Waals surface area contributed by atoms with Crippen molar-refractivity contribution in [3.8, 4) is 11.5 Å². The number of carbonyl (C=O) groups is 1. The number of carbonyl (C=O) groups excluding carboxylic acids is 1. The van der Waals surface area contributed by atoms with Crippen LogP contribution in [0.4, 0.5) is 0 Å². The average molecular weight is 533 g/mol. The number of rotatable bonds is 6. The highest BCUT2D eigenvalue weighted by Crippen LogP contribution is 2.33. The van der Waals surface area contributed by atoms with Crippen molar-refractivity contribution in [1.29, 1.82) is 0 Å². The molecule has 0 aliphatic carbocycles. The molecule has 0 radical (unpaired) electrons. The topological polar surface area (TPSA) is 124 Å². The number of amides is 1. The van der Waals surface area contributed by atoms with Crippen molar-refractivity contribution in [2.45, 2.75) is 62.0 Å². The normalized spacial score (nSPS) is 26.1. The van der Waals surface area contributed by atoms with E-state index >= 15 is 0 Å². The summed E-state index contributed by atoms with van der Waals surface area (Å²) in [7, 11) is -3.87. The summed E-state index contributed by atoms with van der Waals surface area (Å²) in [6.07, 6.45) is -0.705. The lowest BCUT2D eigenvalue weighted by Gasteiger charge is -2.43. The van der Waals surface area contributed by atoms with Gasteiger partial charge in [0.2, 0.25) is 22.7 Å². The smallest absolute Gasteiger partial charge is 0.243 e. The first-order valence-electron chi connectivity index (χ1n) is 12.4. The number of sulfonamides is 1. The quantitative estimate of drug-likeness (QED) is 0.577. The third-order valence-electron chi connectivity index (χ3n) is 6.87. The maximum Gasteiger partial charge on any atom is 0.243 e. The molecule has 10 nitrogen and oxygen atoms in total. The Labute approximate surface area is 216 Å². The van der Waals surface area contributed by atoms with Crippen LogP contribution in [0.5, 0.6) is 11.5 Å². The van der Waals surface area contributed by atoms with E-state index in [0.717, 1.165) is 11.1 Å². The fourth-order valence-corrected chi connectivity index (χ4v) is 6.83. The van der Waals surface area contributed by atoms with Crippen LogP contribution in [0.1, 0.15) is 30.4 Å². The van der Waals surface area contributed by atoms with E-state index in [1.165, 1.54) is 4.31 Å². The maximum absolute atomic E-state index is 13.6. The van der Waals surface area contributed by atoms with Gasteiger partial charge in [-0.25, -0.2) is 8.42 Å². The molecule has 4 atom stereocenters. The molecule has 0 unspecified atom stereocenters. The lowest BCUT2D eigenvalue weighted by molar-refractivity contribution is -0.146. The van der Waals surface area contributed by atoms with Crippen molar-refractivity contribution < 1.29 is 37.3 Å². The van der Waals surface area contributed by atoms with Gasteiger partial charge in [-0.15, -0.1) is 0 Å². The molecule has 2 N–H and O–H groups in total. The molecule has 5 rings (SSSR count). The summed E-state index contributed by atoms with van der Waals surface area (Å²) in [4.78, 5) is 12.9. The number of ether oxygens (including phenoxy) is 4. The summed E-state index contributed by atoms with van der Waals surface area (Å²) in [5.74, 6) is 1.19. The molecule has 1 amide bonds. The lowest BCUT2D eigenvalue weighted by atomic mass is 9.96. The van der Waals surface area contributed by atoms with E-state index in [-0.39, 0.29) is 49.9 Å². The first kappa shape index (κ1) is 25.9. The summed E-state index contributed by atoms with van der Waals surface area (Å²) < 4.78 is 51.1. The second kappa shape index (κ2) is 11.0. The highest BCUT2D eigenvalue weighted by Gasteiger charge is 2.43. The second-order valence-corrected chi connectivity index (χ2v) is 11.6. The van der Waals surface area contributed by atoms with Crippen LogP contribution >= 0.6 is 0 Å². The van der Waals surface area contributed by atoms with Gasteiger partial charge in [-0.2, -0.15) is 4.31 Å². The minimum Gasteiger partial charge on any atom is -0.454 e. The van der Waals surface area contributed by atoms with Crippen LogP contribution < -0.4 is 14.8 Å². The third kappa shape index (κ3) is 5.91. The molecular formula is C26H32N2O8S. The molecule has 11 heteroatoms. The van der Waals surface area contributed by atoms with Crippen LogP contribution in [0.15, 0.2) is 47.4 Å². The van der Waals surface area contributed by atoms with Crippen LogP contribution in [-0.4, -0.2) is 74.6 Å². The fraction of sp³-hybridized carbons (Fsp3) is 0.500. The monoisotopic (exact) mass is 532 g/mol. The number of nitrogens with zero attached hydrogens (tertiary/aromatic N) is 1. The largest absolute Gasteiger partial charge is 0.454 e. The van der Waals surface area contributed by atoms with Gasteiger partial charge in [0.15, 0.2) is 11.5 Å². The summed E-state index contributed by atoms with van der Waals surface area (Å²) in [6, 6.07) is 11.8. The number of β-amino-alcohol motifs (C(OH)–C–C–N with tert-alkyl or cyclic N) is 1. The molecule has 2 fully saturated rings. The molecule has 0 saturated carbocycles. The molecule has 3 heterocycles. The molecule has 0 bridgehead atoms. The number of benzene rings is 2. The van der Waals surface area contributed by atoms with Crippen LogP contribution in [0.2, 0.25) is 0 Å². The van der Waals surface area contributed by atoms with Gasteiger partial charge in [-0.1, -0.05) is 18.2 Å². The maximum atomic E-state index is 13.6. The van der Waals surface area contributed by atoms with Crippen molar-refractivity contribution in [1.82, 2.24) is 9.62 Å². The van der Waals surface area contributed by atoms with Gasteiger partial charge in [-0.05, 0) is 55.2 Å².